The molecular formula is C35H39N9O6. The lowest BCUT2D eigenvalue weighted by Crippen LogP contribution is -2.33. The minimum absolute atomic E-state index is 0.0252. The highest BCUT2D eigenvalue weighted by Crippen LogP contribution is 2.52. The molecule has 2 fully saturated rings. The van der Waals surface area contributed by atoms with Gasteiger partial charge in [0.05, 0.1) is 31.1 Å². The Morgan fingerprint density at radius 3 is 2.60 bits per heavy atom. The summed E-state index contributed by atoms with van der Waals surface area (Å²) in [6.45, 7) is -0.869. The third kappa shape index (κ3) is 5.61. The zero-order valence-electron chi connectivity index (χ0n) is 32.0. The van der Waals surface area contributed by atoms with Crippen molar-refractivity contribution in [1.29, 1.82) is 0 Å². The fourth-order valence-corrected chi connectivity index (χ4v) is 6.66. The summed E-state index contributed by atoms with van der Waals surface area (Å²) in [6.07, 6.45) is 1.44. The maximum atomic E-state index is 13.8. The van der Waals surface area contributed by atoms with E-state index in [4.69, 9.17) is 15.2 Å². The van der Waals surface area contributed by atoms with Gasteiger partial charge in [-0.3, -0.25) is 13.9 Å². The second kappa shape index (κ2) is 12.6. The van der Waals surface area contributed by atoms with Crippen LogP contribution in [0.4, 0.5) is 16.4 Å². The number of imidazole rings is 1. The summed E-state index contributed by atoms with van der Waals surface area (Å²) in [7, 11) is 4.40. The van der Waals surface area contributed by atoms with Crippen molar-refractivity contribution < 1.29 is 29.3 Å². The van der Waals surface area contributed by atoms with Crippen LogP contribution in [-0.4, -0.2) is 79.0 Å². The highest BCUT2D eigenvalue weighted by molar-refractivity contribution is 6.04. The number of pyridine rings is 2. The van der Waals surface area contributed by atoms with Gasteiger partial charge in [0.15, 0.2) is 16.9 Å². The molecule has 2 N–H and O–H groups in total. The van der Waals surface area contributed by atoms with Gasteiger partial charge in [0.2, 0.25) is 0 Å². The smallest absolute Gasteiger partial charge is 0.407 e. The van der Waals surface area contributed by atoms with Gasteiger partial charge in [-0.05, 0) is 49.3 Å². The molecule has 0 spiro atoms. The molecule has 15 heteroatoms. The van der Waals surface area contributed by atoms with Gasteiger partial charge in [-0.2, -0.15) is 5.10 Å². The van der Waals surface area contributed by atoms with Gasteiger partial charge < -0.3 is 25.0 Å². The van der Waals surface area contributed by atoms with Crippen molar-refractivity contribution in [3.05, 3.63) is 76.5 Å². The monoisotopic (exact) mass is 685 g/mol. The molecule has 2 amide bonds. The Balaban J connectivity index is 1.27. The summed E-state index contributed by atoms with van der Waals surface area (Å²) in [6, 6.07) is 12.0. The number of ether oxygens (including phenoxy) is 2. The van der Waals surface area contributed by atoms with Gasteiger partial charge in [0.25, 0.3) is 5.91 Å². The number of aromatic nitrogens is 6. The molecule has 4 aromatic heterocycles. The molecule has 4 heterocycles. The number of carbonyl (C=O) groups is 3. The number of hydrogen-bond donors (Lipinski definition) is 2. The van der Waals surface area contributed by atoms with E-state index in [2.05, 4.69) is 25.5 Å². The molecule has 50 heavy (non-hydrogen) atoms. The van der Waals surface area contributed by atoms with Crippen LogP contribution in [0.25, 0.3) is 22.1 Å². The summed E-state index contributed by atoms with van der Waals surface area (Å²) < 4.78 is 46.9. The number of alkyl carbamates (subject to hydrolysis) is 1. The fourth-order valence-electron chi connectivity index (χ4n) is 6.66. The molecule has 2 saturated carbocycles. The molecule has 0 bridgehead atoms. The van der Waals surface area contributed by atoms with Gasteiger partial charge in [0.1, 0.15) is 18.2 Å². The first-order valence-electron chi connectivity index (χ1n) is 18.2. The van der Waals surface area contributed by atoms with E-state index in [0.717, 1.165) is 5.56 Å². The Kier molecular flexibility index (Phi) is 7.10. The van der Waals surface area contributed by atoms with Crippen LogP contribution in [-0.2, 0) is 33.4 Å². The third-order valence-corrected chi connectivity index (χ3v) is 9.46. The largest absolute Gasteiger partial charge is 0.459 e. The Morgan fingerprint density at radius 1 is 1.12 bits per heavy atom. The summed E-state index contributed by atoms with van der Waals surface area (Å²) in [4.78, 5) is 63.3. The first kappa shape index (κ1) is 28.1. The molecule has 5 aromatic rings. The number of methoxy groups -OCH3 is 1. The number of benzene rings is 1. The number of amides is 2. The summed E-state index contributed by atoms with van der Waals surface area (Å²) in [5, 5.41) is 10.7. The molecule has 0 saturated heterocycles. The van der Waals surface area contributed by atoms with E-state index in [-0.39, 0.29) is 65.3 Å². The zero-order valence-corrected chi connectivity index (χ0v) is 28.0. The van der Waals surface area contributed by atoms with Crippen LogP contribution in [0.3, 0.4) is 0 Å². The minimum atomic E-state index is -2.83. The van der Waals surface area contributed by atoms with Crippen LogP contribution in [0.5, 0.6) is 0 Å². The maximum Gasteiger partial charge on any atom is 0.407 e. The van der Waals surface area contributed by atoms with Crippen molar-refractivity contribution in [3.8, 4) is 0 Å². The van der Waals surface area contributed by atoms with Crippen LogP contribution in [0, 0.1) is 5.92 Å². The van der Waals surface area contributed by atoms with Crippen LogP contribution in [0.2, 0.25) is 0 Å². The number of fused-ring (bicyclic) bond motifs is 2. The van der Waals surface area contributed by atoms with Crippen LogP contribution < -0.4 is 16.3 Å². The molecule has 15 nitrogen and oxygen atoms in total. The second-order valence-electron chi connectivity index (χ2n) is 12.9. The molecule has 0 unspecified atom stereocenters. The predicted molar refractivity (Wildman–Crippen MR) is 184 cm³/mol. The predicted octanol–water partition coefficient (Wildman–Crippen LogP) is 3.85. The normalized spacial score (nSPS) is 24.2. The van der Waals surface area contributed by atoms with Crippen molar-refractivity contribution in [1.82, 2.24) is 39.1 Å². The van der Waals surface area contributed by atoms with E-state index in [1.54, 1.807) is 26.2 Å². The third-order valence-electron chi connectivity index (χ3n) is 9.46. The van der Waals surface area contributed by atoms with E-state index in [9.17, 15) is 19.2 Å². The van der Waals surface area contributed by atoms with Crippen LogP contribution >= 0.6 is 0 Å². The number of rotatable bonds is 9. The van der Waals surface area contributed by atoms with E-state index in [1.807, 2.05) is 37.3 Å². The van der Waals surface area contributed by atoms with E-state index in [0.29, 0.717) is 22.8 Å². The number of carbonyl (C=O) groups excluding carboxylic acids is 3. The molecule has 0 aliphatic heterocycles. The van der Waals surface area contributed by atoms with Crippen molar-refractivity contribution in [2.75, 3.05) is 26.5 Å². The Bertz CT molecular complexity index is 2360. The van der Waals surface area contributed by atoms with E-state index < -0.39 is 42.3 Å². The molecule has 260 valence electrons. The van der Waals surface area contributed by atoms with Gasteiger partial charge in [0, 0.05) is 43.3 Å². The molecule has 1 aromatic carbocycles. The molecule has 2 aliphatic carbocycles. The van der Waals surface area contributed by atoms with Crippen molar-refractivity contribution in [2.24, 2.45) is 12.9 Å². The summed E-state index contributed by atoms with van der Waals surface area (Å²) in [5.74, 6) is -0.578. The average Bonchev–Trinajstić information content (AvgIpc) is 3.36. The minimum Gasteiger partial charge on any atom is -0.459 e. The van der Waals surface area contributed by atoms with Gasteiger partial charge in [-0.25, -0.2) is 29.0 Å². The average molecular weight is 686 g/mol. The highest BCUT2D eigenvalue weighted by atomic mass is 16.5. The second-order valence-corrected chi connectivity index (χ2v) is 12.9. The molecule has 2 aliphatic rings. The van der Waals surface area contributed by atoms with Crippen molar-refractivity contribution in [2.45, 2.75) is 56.8 Å². The lowest BCUT2D eigenvalue weighted by Gasteiger charge is -2.17. The number of nitrogens with zero attached hydrogens (tertiary/aromatic N) is 7. The standard InChI is InChI=1S/C35H39N9O6/c1-20-17-35(20,32(46)50-19-21-9-7-6-8-10-21)44-30-24(29(40-44)31(45)41(2)3)13-14-27(39-30)38-28-16-25-26(18-36-28)42(4)34(48)43(25)23-12-11-22(15-23)37-33(47)49-5/h6-10,13-14,16,18,20,22-23H,11-12,15,17,19H2,1-5H3,(H,37,47)(H,36,38,39)/t20-,22+,23+,35-/m0/s1/i4D3,22D. The molecule has 4 atom stereocenters. The van der Waals surface area contributed by atoms with Crippen molar-refractivity contribution in [3.63, 3.8) is 0 Å². The quantitative estimate of drug-likeness (QED) is 0.218. The summed E-state index contributed by atoms with van der Waals surface area (Å²) >= 11 is 0. The topological polar surface area (TPSA) is 168 Å². The van der Waals surface area contributed by atoms with Gasteiger partial charge in [-0.15, -0.1) is 0 Å². The highest BCUT2D eigenvalue weighted by Gasteiger charge is 2.62. The lowest BCUT2D eigenvalue weighted by atomic mass is 10.2. The van der Waals surface area contributed by atoms with Crippen molar-refractivity contribution >= 4 is 51.7 Å². The molecular weight excluding hydrogens is 642 g/mol. The Hall–Kier alpha value is -5.73. The van der Waals surface area contributed by atoms with Crippen LogP contribution in [0.1, 0.15) is 60.2 Å². The molecule has 0 radical (unpaired) electrons. The summed E-state index contributed by atoms with van der Waals surface area (Å²) in [5.41, 5.74) is -0.511. The SMILES string of the molecule is [2H]C([2H])([2H])n1c(=O)n([C@@H]2CC[C@@]([2H])(NC(=O)OC)C2)c2cc(Nc3ccc4c(C(=O)N(C)C)nn([C@@]5(C(=O)OCc6ccccc6)C[C@@H]5C)c4n3)ncc21. The van der Waals surface area contributed by atoms with Gasteiger partial charge >= 0.3 is 17.8 Å². The number of hydrogen-bond acceptors (Lipinski definition) is 10. The van der Waals surface area contributed by atoms with E-state index >= 15 is 0 Å². The number of aryl methyl sites for hydroxylation is 1. The molecule has 7 rings (SSSR count). The Labute approximate surface area is 292 Å². The Morgan fingerprint density at radius 2 is 1.90 bits per heavy atom. The fraction of sp³-hybridized carbons (Fsp3) is 0.400. The lowest BCUT2D eigenvalue weighted by molar-refractivity contribution is -0.151. The van der Waals surface area contributed by atoms with Crippen LogP contribution in [0.15, 0.2) is 59.5 Å². The van der Waals surface area contributed by atoms with Gasteiger partial charge in [-0.1, -0.05) is 37.3 Å². The number of nitrogens with one attached hydrogen (secondary N) is 2. The number of esters is 1. The first-order valence-corrected chi connectivity index (χ1v) is 16.2. The maximum absolute atomic E-state index is 13.8. The van der Waals surface area contributed by atoms with E-state index in [1.165, 1.54) is 33.5 Å². The zero-order chi connectivity index (χ0) is 38.7. The number of anilines is 2. The first-order chi connectivity index (χ1) is 25.6.